The molecule has 0 aromatic rings. The SMILES string of the molecule is N.O.O.O.O.O.O.O.O=P(O)(O)O.[NaH].[NaH]. The first-order valence-electron chi connectivity index (χ1n) is 0.783. The van der Waals surface area contributed by atoms with Gasteiger partial charge in [-0.05, 0) is 0 Å². The first kappa shape index (κ1) is 125. The van der Waals surface area contributed by atoms with Crippen LogP contribution in [0.3, 0.4) is 0 Å². The fourth-order valence-electron chi connectivity index (χ4n) is 0. The van der Waals surface area contributed by atoms with Crippen LogP contribution in [0.4, 0.5) is 0 Å². The van der Waals surface area contributed by atoms with E-state index in [2.05, 4.69) is 0 Å². The quantitative estimate of drug-likeness (QED) is 0.248. The number of hydrogen-bond acceptors (Lipinski definition) is 2. The summed E-state index contributed by atoms with van der Waals surface area (Å²) in [5.41, 5.74) is 0. The van der Waals surface area contributed by atoms with Gasteiger partial charge in [-0.1, -0.05) is 0 Å². The van der Waals surface area contributed by atoms with Gasteiger partial charge in [0, 0.05) is 0 Å². The Kier molecular flexibility index (Phi) is 474. The molecule has 0 aliphatic carbocycles. The maximum atomic E-state index is 8.88. The van der Waals surface area contributed by atoms with Crippen molar-refractivity contribution in [3.63, 3.8) is 0 Å². The summed E-state index contributed by atoms with van der Waals surface area (Å²) < 4.78 is 8.88. The van der Waals surface area contributed by atoms with Crippen LogP contribution in [0, 0.1) is 0 Å². The Labute approximate surface area is 130 Å². The van der Waals surface area contributed by atoms with Crippen molar-refractivity contribution in [2.24, 2.45) is 0 Å². The minimum atomic E-state index is -4.64. The molecule has 100 valence electrons. The summed E-state index contributed by atoms with van der Waals surface area (Å²) in [5.74, 6) is 0. The molecule has 0 saturated carbocycles. The molecule has 0 aliphatic rings. The second-order valence-electron chi connectivity index (χ2n) is 0.513. The van der Waals surface area contributed by atoms with E-state index < -0.39 is 7.82 Å². The summed E-state index contributed by atoms with van der Waals surface area (Å²) in [6.07, 6.45) is 0. The monoisotopic (exact) mass is 289 g/mol. The summed E-state index contributed by atoms with van der Waals surface area (Å²) in [5, 5.41) is 0. The molecule has 0 aromatic carbocycles. The van der Waals surface area contributed by atoms with Crippen molar-refractivity contribution < 1.29 is 57.6 Å². The second-order valence-corrected chi connectivity index (χ2v) is 1.54. The van der Waals surface area contributed by atoms with Crippen LogP contribution in [0.25, 0.3) is 0 Å². The Hall–Kier alpha value is 1.79. The van der Waals surface area contributed by atoms with Crippen molar-refractivity contribution in [3.8, 4) is 0 Å². The van der Waals surface area contributed by atoms with Gasteiger partial charge in [-0.15, -0.1) is 0 Å². The third-order valence-corrected chi connectivity index (χ3v) is 0. The van der Waals surface area contributed by atoms with Gasteiger partial charge in [-0.3, -0.25) is 0 Å². The van der Waals surface area contributed by atoms with Crippen molar-refractivity contribution in [1.82, 2.24) is 6.15 Å². The first-order valence-corrected chi connectivity index (χ1v) is 2.35. The van der Waals surface area contributed by atoms with Crippen molar-refractivity contribution in [2.75, 3.05) is 0 Å². The molecular weight excluding hydrogens is 267 g/mol. The first-order chi connectivity index (χ1) is 2.00. The van der Waals surface area contributed by atoms with Crippen molar-refractivity contribution in [2.45, 2.75) is 0 Å². The topological polar surface area (TPSA) is 333 Å². The molecule has 0 amide bonds. The Morgan fingerprint density at radius 1 is 0.600 bits per heavy atom. The molecule has 15 heteroatoms. The van der Waals surface area contributed by atoms with Crippen LogP contribution in [0.5, 0.6) is 0 Å². The van der Waals surface area contributed by atoms with E-state index in [0.29, 0.717) is 0 Å². The van der Waals surface area contributed by atoms with E-state index in [-0.39, 0.29) is 104 Å². The number of hydrogen-bond donors (Lipinski definition) is 4. The van der Waals surface area contributed by atoms with E-state index in [1.54, 1.807) is 0 Å². The normalized spacial score (nSPS) is 3.93. The van der Waals surface area contributed by atoms with Gasteiger partial charge in [0.2, 0.25) is 0 Å². The van der Waals surface area contributed by atoms with E-state index in [1.165, 1.54) is 0 Å². The Bertz CT molecular complexity index is 64.7. The van der Waals surface area contributed by atoms with E-state index in [4.69, 9.17) is 19.2 Å². The van der Waals surface area contributed by atoms with Crippen LogP contribution in [-0.2, 0) is 4.57 Å². The standard InChI is InChI=1S/H3N.2Na.H3O4P.7H2O.2H/c;;;1-5(2,3)4;;;;;;;;;/h1H3;;;(H3,1,2,3,4);7*1H2;;. The van der Waals surface area contributed by atoms with Gasteiger partial charge >= 0.3 is 66.9 Å². The molecular formula is H22NNa2O11P. The van der Waals surface area contributed by atoms with Crippen LogP contribution in [0.15, 0.2) is 0 Å². The van der Waals surface area contributed by atoms with Gasteiger partial charge < -0.3 is 59.2 Å². The zero-order chi connectivity index (χ0) is 4.50. The maximum absolute atomic E-state index is 8.88. The van der Waals surface area contributed by atoms with Gasteiger partial charge in [-0.2, -0.15) is 0 Å². The third kappa shape index (κ3) is 937. The number of rotatable bonds is 0. The average molecular weight is 289 g/mol. The zero-order valence-corrected chi connectivity index (χ0v) is 7.30. The van der Waals surface area contributed by atoms with Crippen molar-refractivity contribution in [3.05, 3.63) is 0 Å². The Morgan fingerprint density at radius 3 is 0.600 bits per heavy atom. The molecule has 0 aliphatic heterocycles. The fraction of sp³-hybridized carbons (Fsp3) is 0. The Morgan fingerprint density at radius 2 is 0.600 bits per heavy atom. The molecule has 0 saturated heterocycles. The van der Waals surface area contributed by atoms with E-state index in [1.807, 2.05) is 0 Å². The molecule has 0 fully saturated rings. The molecule has 0 atom stereocenters. The molecule has 15 heavy (non-hydrogen) atoms. The predicted molar refractivity (Wildman–Crippen MR) is 58.9 cm³/mol. The second kappa shape index (κ2) is 56.9. The molecule has 20 N–H and O–H groups in total. The third-order valence-electron chi connectivity index (χ3n) is 0. The summed E-state index contributed by atoms with van der Waals surface area (Å²) >= 11 is 0. The van der Waals surface area contributed by atoms with Crippen LogP contribution >= 0.6 is 7.82 Å². The zero-order valence-electron chi connectivity index (χ0n) is 6.40. The van der Waals surface area contributed by atoms with E-state index in [0.717, 1.165) is 0 Å². The van der Waals surface area contributed by atoms with Crippen LogP contribution in [0.1, 0.15) is 0 Å². The molecule has 0 spiro atoms. The fourth-order valence-corrected chi connectivity index (χ4v) is 0. The van der Waals surface area contributed by atoms with Gasteiger partial charge in [0.15, 0.2) is 0 Å². The summed E-state index contributed by atoms with van der Waals surface area (Å²) in [6.45, 7) is 0. The summed E-state index contributed by atoms with van der Waals surface area (Å²) in [4.78, 5) is 21.6. The molecule has 0 aromatic heterocycles. The van der Waals surface area contributed by atoms with Crippen LogP contribution < -0.4 is 6.15 Å². The van der Waals surface area contributed by atoms with Gasteiger partial charge in [0.05, 0.1) is 0 Å². The van der Waals surface area contributed by atoms with Gasteiger partial charge in [0.1, 0.15) is 0 Å². The van der Waals surface area contributed by atoms with Crippen LogP contribution in [-0.4, -0.2) is 112 Å². The van der Waals surface area contributed by atoms with Crippen molar-refractivity contribution in [1.29, 1.82) is 0 Å². The summed E-state index contributed by atoms with van der Waals surface area (Å²) in [7, 11) is -4.64. The Balaban J connectivity index is -0.00000000178. The van der Waals surface area contributed by atoms with E-state index >= 15 is 0 Å². The molecule has 0 heterocycles. The minimum absolute atomic E-state index is 0. The molecule has 12 nitrogen and oxygen atoms in total. The van der Waals surface area contributed by atoms with E-state index in [9.17, 15) is 0 Å². The number of phosphoric acid groups is 1. The molecule has 0 unspecified atom stereocenters. The van der Waals surface area contributed by atoms with Crippen LogP contribution in [0.2, 0.25) is 0 Å². The summed E-state index contributed by atoms with van der Waals surface area (Å²) in [6, 6.07) is 0. The van der Waals surface area contributed by atoms with Gasteiger partial charge in [0.25, 0.3) is 0 Å². The average Bonchev–Trinajstić information content (AvgIpc) is 0.722. The molecule has 0 bridgehead atoms. The molecule has 0 rings (SSSR count). The van der Waals surface area contributed by atoms with Gasteiger partial charge in [-0.25, -0.2) is 4.57 Å². The predicted octanol–water partition coefficient (Wildman–Crippen LogP) is -7.84. The molecule has 0 radical (unpaired) electrons. The van der Waals surface area contributed by atoms with Crippen molar-refractivity contribution >= 4 is 66.9 Å².